The topological polar surface area (TPSA) is 149 Å². The molecule has 13 heteroatoms. The number of hydrogen-bond donors (Lipinski definition) is 2. The molecule has 198 valence electrons. The summed E-state index contributed by atoms with van der Waals surface area (Å²) in [4.78, 5) is 53.3. The van der Waals surface area contributed by atoms with E-state index < -0.39 is 30.3 Å². The number of aromatic nitrogens is 3. The number of likely N-dealkylation sites (N-methyl/N-ethyl adjacent to an activating group) is 1. The van der Waals surface area contributed by atoms with Crippen LogP contribution in [0.4, 0.5) is 10.6 Å². The molecule has 3 aromatic rings. The van der Waals surface area contributed by atoms with Crippen LogP contribution < -0.4 is 4.90 Å². The van der Waals surface area contributed by atoms with E-state index in [1.807, 2.05) is 7.05 Å². The number of fused-ring (bicyclic) bond motifs is 1. The molecule has 2 amide bonds. The normalized spacial score (nSPS) is 17.8. The Morgan fingerprint density at radius 3 is 2.34 bits per heavy atom. The lowest BCUT2D eigenvalue weighted by Crippen LogP contribution is -2.48. The van der Waals surface area contributed by atoms with E-state index in [0.717, 1.165) is 13.1 Å². The van der Waals surface area contributed by atoms with Crippen LogP contribution in [0.2, 0.25) is 5.02 Å². The molecule has 0 spiro atoms. The van der Waals surface area contributed by atoms with Crippen molar-refractivity contribution in [3.05, 3.63) is 83.0 Å². The van der Waals surface area contributed by atoms with Crippen molar-refractivity contribution in [1.82, 2.24) is 24.8 Å². The van der Waals surface area contributed by atoms with Gasteiger partial charge in [-0.15, -0.1) is 0 Å². The Kier molecular flexibility index (Phi) is 8.46. The van der Waals surface area contributed by atoms with Crippen LogP contribution in [-0.2, 0) is 9.53 Å². The number of ether oxygens (including phenoxy) is 1. The van der Waals surface area contributed by atoms with Crippen molar-refractivity contribution in [3.8, 4) is 0 Å². The number of pyridine rings is 1. The van der Waals surface area contributed by atoms with Crippen LogP contribution in [-0.4, -0.2) is 86.2 Å². The zero-order chi connectivity index (χ0) is 27.2. The first-order valence-corrected chi connectivity index (χ1v) is 12.0. The van der Waals surface area contributed by atoms with Crippen LogP contribution in [0.1, 0.15) is 34.1 Å². The number of anilines is 1. The molecule has 0 saturated carbocycles. The van der Waals surface area contributed by atoms with E-state index in [1.165, 1.54) is 23.5 Å². The molecule has 2 aliphatic heterocycles. The fraction of sp³-hybridized carbons (Fsp3) is 0.280. The van der Waals surface area contributed by atoms with E-state index in [0.29, 0.717) is 35.2 Å². The summed E-state index contributed by atoms with van der Waals surface area (Å²) in [5.74, 6) is -1.35. The van der Waals surface area contributed by atoms with Crippen LogP contribution in [0.25, 0.3) is 0 Å². The highest BCUT2D eigenvalue weighted by molar-refractivity contribution is 6.30. The van der Waals surface area contributed by atoms with E-state index in [-0.39, 0.29) is 5.69 Å². The maximum absolute atomic E-state index is 12.8. The van der Waals surface area contributed by atoms with Gasteiger partial charge in [0.15, 0.2) is 11.8 Å². The molecule has 4 heterocycles. The van der Waals surface area contributed by atoms with Crippen LogP contribution in [0.3, 0.4) is 0 Å². The second-order valence-electron chi connectivity index (χ2n) is 8.48. The number of carbonyl (C=O) groups is 3. The summed E-state index contributed by atoms with van der Waals surface area (Å²) in [7, 11) is 2.00. The van der Waals surface area contributed by atoms with Gasteiger partial charge in [-0.3, -0.25) is 9.78 Å². The zero-order valence-electron chi connectivity index (χ0n) is 20.3. The fourth-order valence-corrected chi connectivity index (χ4v) is 3.93. The second-order valence-corrected chi connectivity index (χ2v) is 8.91. The zero-order valence-corrected chi connectivity index (χ0v) is 21.1. The highest BCUT2D eigenvalue weighted by atomic mass is 35.5. The number of rotatable bonds is 4. The number of benzene rings is 1. The number of hydrogen-bond acceptors (Lipinski definition) is 9. The molecule has 2 aromatic heterocycles. The number of piperazine rings is 1. The SMILES string of the molecule is CN1CCN(C(=O)OC2c3nccnc3C(=O)N2c2ccc(Cl)cn2)CC1.O=C(O)[C@H](O)c1ccccc1. The minimum absolute atomic E-state index is 0.144. The van der Waals surface area contributed by atoms with Crippen LogP contribution in [0, 0.1) is 0 Å². The van der Waals surface area contributed by atoms with Gasteiger partial charge in [0, 0.05) is 44.8 Å². The van der Waals surface area contributed by atoms with Gasteiger partial charge in [0.2, 0.25) is 6.23 Å². The quantitative estimate of drug-likeness (QED) is 0.505. The van der Waals surface area contributed by atoms with Crippen LogP contribution in [0.15, 0.2) is 61.1 Å². The molecule has 0 radical (unpaired) electrons. The van der Waals surface area contributed by atoms with E-state index in [2.05, 4.69) is 19.9 Å². The molecule has 5 rings (SSSR count). The standard InChI is InChI=1S/C17H17ClN6O3.C8H8O3/c1-22-6-8-23(9-7-22)17(26)27-16-14-13(19-4-5-20-14)15(25)24(16)12-3-2-11(18)10-21-12;9-7(8(10)11)6-4-2-1-3-5-6/h2-5,10,16H,6-9H2,1H3;1-5,7,9H,(H,10,11)/t;7-/m.1/s1. The number of aliphatic carboxylic acids is 1. The van der Waals surface area contributed by atoms with Crippen molar-refractivity contribution < 1.29 is 29.3 Å². The lowest BCUT2D eigenvalue weighted by molar-refractivity contribution is -0.146. The molecule has 2 atom stereocenters. The Morgan fingerprint density at radius 1 is 1.03 bits per heavy atom. The number of halogens is 1. The molecule has 1 saturated heterocycles. The molecule has 38 heavy (non-hydrogen) atoms. The molecular formula is C25H25ClN6O6. The van der Waals surface area contributed by atoms with Crippen molar-refractivity contribution in [2.75, 3.05) is 38.1 Å². The first-order chi connectivity index (χ1) is 18.3. The lowest BCUT2D eigenvalue weighted by Gasteiger charge is -2.33. The summed E-state index contributed by atoms with van der Waals surface area (Å²) in [5.41, 5.74) is 0.840. The smallest absolute Gasteiger partial charge is 0.412 e. The van der Waals surface area contributed by atoms with Crippen molar-refractivity contribution >= 4 is 35.4 Å². The summed E-state index contributed by atoms with van der Waals surface area (Å²) in [6.45, 7) is 2.64. The van der Waals surface area contributed by atoms with Crippen molar-refractivity contribution in [3.63, 3.8) is 0 Å². The summed E-state index contributed by atoms with van der Waals surface area (Å²) in [5, 5.41) is 17.8. The first-order valence-electron chi connectivity index (χ1n) is 11.6. The molecular weight excluding hydrogens is 516 g/mol. The number of carbonyl (C=O) groups excluding carboxylic acids is 2. The lowest BCUT2D eigenvalue weighted by atomic mass is 10.1. The summed E-state index contributed by atoms with van der Waals surface area (Å²) >= 11 is 5.89. The van der Waals surface area contributed by atoms with Gasteiger partial charge in [0.25, 0.3) is 5.91 Å². The van der Waals surface area contributed by atoms with E-state index in [4.69, 9.17) is 26.6 Å². The summed E-state index contributed by atoms with van der Waals surface area (Å²) in [6.07, 6.45) is 1.38. The molecule has 2 aliphatic rings. The molecule has 0 bridgehead atoms. The maximum atomic E-state index is 12.8. The highest BCUT2D eigenvalue weighted by Crippen LogP contribution is 2.35. The minimum Gasteiger partial charge on any atom is -0.479 e. The minimum atomic E-state index is -1.41. The van der Waals surface area contributed by atoms with Gasteiger partial charge in [-0.25, -0.2) is 24.5 Å². The van der Waals surface area contributed by atoms with Gasteiger partial charge < -0.3 is 24.7 Å². The largest absolute Gasteiger partial charge is 0.479 e. The maximum Gasteiger partial charge on any atom is 0.412 e. The van der Waals surface area contributed by atoms with Crippen LogP contribution >= 0.6 is 11.6 Å². The summed E-state index contributed by atoms with van der Waals surface area (Å²) < 4.78 is 5.68. The Labute approximate surface area is 223 Å². The van der Waals surface area contributed by atoms with E-state index >= 15 is 0 Å². The number of nitrogens with zero attached hydrogens (tertiary/aromatic N) is 6. The molecule has 0 aliphatic carbocycles. The van der Waals surface area contributed by atoms with E-state index in [1.54, 1.807) is 47.4 Å². The third-order valence-electron chi connectivity index (χ3n) is 5.90. The van der Waals surface area contributed by atoms with Crippen LogP contribution in [0.5, 0.6) is 0 Å². The monoisotopic (exact) mass is 540 g/mol. The number of aliphatic hydroxyl groups is 1. The molecule has 2 N–H and O–H groups in total. The van der Waals surface area contributed by atoms with E-state index in [9.17, 15) is 14.4 Å². The predicted octanol–water partition coefficient (Wildman–Crippen LogP) is 2.37. The average molecular weight is 541 g/mol. The van der Waals surface area contributed by atoms with Gasteiger partial charge in [0.05, 0.1) is 5.02 Å². The van der Waals surface area contributed by atoms with Gasteiger partial charge in [-0.2, -0.15) is 0 Å². The predicted molar refractivity (Wildman–Crippen MR) is 135 cm³/mol. The Bertz CT molecular complexity index is 1290. The number of carboxylic acid groups (broad SMARTS) is 1. The third-order valence-corrected chi connectivity index (χ3v) is 6.12. The molecule has 1 fully saturated rings. The first kappa shape index (κ1) is 26.9. The third kappa shape index (κ3) is 6.05. The Morgan fingerprint density at radius 2 is 1.71 bits per heavy atom. The highest BCUT2D eigenvalue weighted by Gasteiger charge is 2.44. The molecule has 1 aromatic carbocycles. The van der Waals surface area contributed by atoms with Crippen molar-refractivity contribution in [1.29, 1.82) is 0 Å². The number of amides is 2. The van der Waals surface area contributed by atoms with Crippen molar-refractivity contribution in [2.24, 2.45) is 0 Å². The van der Waals surface area contributed by atoms with Gasteiger partial charge in [-0.05, 0) is 24.7 Å². The second kappa shape index (κ2) is 11.9. The van der Waals surface area contributed by atoms with Gasteiger partial charge >= 0.3 is 12.1 Å². The van der Waals surface area contributed by atoms with Crippen molar-refractivity contribution in [2.45, 2.75) is 12.3 Å². The number of carboxylic acids is 1. The Balaban J connectivity index is 0.000000257. The summed E-state index contributed by atoms with van der Waals surface area (Å²) in [6, 6.07) is 11.5. The fourth-order valence-electron chi connectivity index (χ4n) is 3.82. The van der Waals surface area contributed by atoms with Gasteiger partial charge in [0.1, 0.15) is 11.5 Å². The molecule has 12 nitrogen and oxygen atoms in total. The number of aliphatic hydroxyl groups excluding tert-OH is 1. The molecule has 1 unspecified atom stereocenters. The van der Waals surface area contributed by atoms with Gasteiger partial charge in [-0.1, -0.05) is 41.9 Å². The average Bonchev–Trinajstić information content (AvgIpc) is 3.21. The Hall–Kier alpha value is -4.13.